The number of nitrogens with zero attached hydrogens (tertiary/aromatic N) is 6. The molecule has 208 valence electrons. The van der Waals surface area contributed by atoms with Gasteiger partial charge in [0.25, 0.3) is 11.6 Å². The zero-order valence-corrected chi connectivity index (χ0v) is 22.0. The quantitative estimate of drug-likeness (QED) is 0.161. The van der Waals surface area contributed by atoms with Gasteiger partial charge in [-0.3, -0.25) is 24.4 Å². The van der Waals surface area contributed by atoms with E-state index in [9.17, 15) is 24.8 Å². The van der Waals surface area contributed by atoms with E-state index in [0.717, 1.165) is 11.3 Å². The van der Waals surface area contributed by atoms with Gasteiger partial charge < -0.3 is 20.0 Å². The fraction of sp³-hybridized carbons (Fsp3) is 0.357. The van der Waals surface area contributed by atoms with E-state index >= 15 is 0 Å². The molecule has 2 atom stereocenters. The first-order valence-corrected chi connectivity index (χ1v) is 13.1. The summed E-state index contributed by atoms with van der Waals surface area (Å²) in [4.78, 5) is 39.6. The normalized spacial score (nSPS) is 19.3. The second kappa shape index (κ2) is 11.0. The highest BCUT2D eigenvalue weighted by molar-refractivity contribution is 6.07. The monoisotopic (exact) mass is 546 g/mol. The van der Waals surface area contributed by atoms with E-state index in [1.165, 1.54) is 23.1 Å². The first kappa shape index (κ1) is 27.2. The molecule has 40 heavy (non-hydrogen) atoms. The number of aliphatic hydroxyl groups is 2. The number of rotatable bonds is 11. The Morgan fingerprint density at radius 1 is 1.20 bits per heavy atom. The molecular weight excluding hydrogens is 516 g/mol. The number of hydrogen-bond donors (Lipinski definition) is 2. The van der Waals surface area contributed by atoms with Crippen LogP contribution in [-0.2, 0) is 34.7 Å². The van der Waals surface area contributed by atoms with Gasteiger partial charge in [-0.05, 0) is 30.2 Å². The van der Waals surface area contributed by atoms with Crippen LogP contribution in [0.4, 0.5) is 17.1 Å². The molecule has 0 spiro atoms. The number of aryl methyl sites for hydroxylation is 1. The first-order chi connectivity index (χ1) is 19.2. The highest BCUT2D eigenvalue weighted by Crippen LogP contribution is 2.47. The molecule has 0 unspecified atom stereocenters. The number of fused-ring (bicyclic) bond motifs is 1. The summed E-state index contributed by atoms with van der Waals surface area (Å²) in [6.45, 7) is 3.04. The zero-order chi connectivity index (χ0) is 28.4. The maximum Gasteiger partial charge on any atom is 0.269 e. The van der Waals surface area contributed by atoms with Crippen LogP contribution in [-0.4, -0.2) is 55.1 Å². The third-order valence-corrected chi connectivity index (χ3v) is 7.47. The lowest BCUT2D eigenvalue weighted by molar-refractivity contribution is -0.385. The first-order valence-electron chi connectivity index (χ1n) is 13.1. The number of nitro groups is 1. The number of allylic oxidation sites excluding steroid dienone is 1. The topological polar surface area (TPSA) is 155 Å². The second-order valence-corrected chi connectivity index (χ2v) is 10.0. The van der Waals surface area contributed by atoms with Crippen LogP contribution < -0.4 is 9.80 Å². The number of carbonyl (C=O) groups is 2. The minimum atomic E-state index is -2.00. The van der Waals surface area contributed by atoms with E-state index in [4.69, 9.17) is 5.11 Å². The van der Waals surface area contributed by atoms with Crippen LogP contribution in [0.5, 0.6) is 0 Å². The average molecular weight is 547 g/mol. The highest BCUT2D eigenvalue weighted by atomic mass is 16.6. The molecule has 3 heterocycles. The van der Waals surface area contributed by atoms with Gasteiger partial charge in [0.1, 0.15) is 0 Å². The van der Waals surface area contributed by atoms with E-state index in [0.29, 0.717) is 43.7 Å². The van der Waals surface area contributed by atoms with Crippen molar-refractivity contribution in [1.82, 2.24) is 15.0 Å². The summed E-state index contributed by atoms with van der Waals surface area (Å²) in [5, 5.41) is 40.4. The summed E-state index contributed by atoms with van der Waals surface area (Å²) in [6.07, 6.45) is 6.82. The molecule has 0 saturated carbocycles. The van der Waals surface area contributed by atoms with Crippen LogP contribution >= 0.6 is 0 Å². The molecule has 2 amide bonds. The Kier molecular flexibility index (Phi) is 7.46. The molecule has 3 aromatic rings. The van der Waals surface area contributed by atoms with Crippen molar-refractivity contribution in [2.45, 2.75) is 44.9 Å². The molecule has 0 bridgehead atoms. The predicted octanol–water partition coefficient (Wildman–Crippen LogP) is 2.47. The number of aliphatic hydroxyl groups excluding tert-OH is 1. The molecule has 2 aliphatic heterocycles. The van der Waals surface area contributed by atoms with E-state index in [-0.39, 0.29) is 30.3 Å². The molecule has 2 aromatic carbocycles. The number of benzene rings is 2. The van der Waals surface area contributed by atoms with E-state index < -0.39 is 22.3 Å². The van der Waals surface area contributed by atoms with Crippen molar-refractivity contribution < 1.29 is 24.7 Å². The molecule has 0 aliphatic carbocycles. The zero-order valence-electron chi connectivity index (χ0n) is 22.0. The van der Waals surface area contributed by atoms with Crippen molar-refractivity contribution in [3.05, 3.63) is 87.7 Å². The summed E-state index contributed by atoms with van der Waals surface area (Å²) in [6, 6.07) is 11.4. The van der Waals surface area contributed by atoms with Gasteiger partial charge in [0.05, 0.1) is 22.8 Å². The summed E-state index contributed by atoms with van der Waals surface area (Å²) in [7, 11) is 0. The minimum absolute atomic E-state index is 0.00963. The van der Waals surface area contributed by atoms with E-state index in [1.54, 1.807) is 28.8 Å². The molecule has 12 heteroatoms. The summed E-state index contributed by atoms with van der Waals surface area (Å²) >= 11 is 0. The van der Waals surface area contributed by atoms with Crippen LogP contribution in [0.2, 0.25) is 0 Å². The van der Waals surface area contributed by atoms with Gasteiger partial charge in [-0.2, -0.15) is 0 Å². The van der Waals surface area contributed by atoms with Crippen LogP contribution in [0, 0.1) is 16.0 Å². The maximum atomic E-state index is 13.8. The molecule has 0 radical (unpaired) electrons. The van der Waals surface area contributed by atoms with Crippen LogP contribution in [0.1, 0.15) is 36.6 Å². The largest absolute Gasteiger partial charge is 0.396 e. The number of amides is 2. The smallest absolute Gasteiger partial charge is 0.269 e. The second-order valence-electron chi connectivity index (χ2n) is 10.0. The fourth-order valence-corrected chi connectivity index (χ4v) is 5.08. The minimum Gasteiger partial charge on any atom is -0.396 e. The van der Waals surface area contributed by atoms with Crippen LogP contribution in [0.25, 0.3) is 0 Å². The fourth-order valence-electron chi connectivity index (χ4n) is 5.08. The van der Waals surface area contributed by atoms with Gasteiger partial charge in [-0.1, -0.05) is 36.4 Å². The molecule has 2 N–H and O–H groups in total. The summed E-state index contributed by atoms with van der Waals surface area (Å²) in [5.74, 6) is -1.18. The molecule has 1 aromatic heterocycles. The van der Waals surface area contributed by atoms with Crippen LogP contribution in [0.15, 0.2) is 60.8 Å². The van der Waals surface area contributed by atoms with Crippen molar-refractivity contribution in [1.29, 1.82) is 0 Å². The van der Waals surface area contributed by atoms with Gasteiger partial charge in [-0.25, -0.2) is 0 Å². The molecule has 1 fully saturated rings. The van der Waals surface area contributed by atoms with Crippen LogP contribution in [0.3, 0.4) is 0 Å². The third kappa shape index (κ3) is 4.98. The average Bonchev–Trinajstić information content (AvgIpc) is 3.47. The highest BCUT2D eigenvalue weighted by Gasteiger charge is 2.53. The number of non-ortho nitro benzene ring substituents is 1. The Morgan fingerprint density at radius 2 is 1.98 bits per heavy atom. The lowest BCUT2D eigenvalue weighted by atomic mass is 9.82. The Morgan fingerprint density at radius 3 is 2.62 bits per heavy atom. The van der Waals surface area contributed by atoms with Crippen molar-refractivity contribution in [2.24, 2.45) is 5.92 Å². The maximum absolute atomic E-state index is 13.8. The Bertz CT molecular complexity index is 1470. The Labute approximate surface area is 230 Å². The molecule has 2 aliphatic rings. The van der Waals surface area contributed by atoms with Crippen molar-refractivity contribution in [3.8, 4) is 0 Å². The number of β-lactam (4-membered cyclic amide) rings is 1. The molecule has 1 saturated heterocycles. The van der Waals surface area contributed by atoms with Gasteiger partial charge in [0.2, 0.25) is 5.91 Å². The lowest BCUT2D eigenvalue weighted by Crippen LogP contribution is -2.44. The van der Waals surface area contributed by atoms with Gasteiger partial charge >= 0.3 is 0 Å². The Balaban J connectivity index is 1.36. The third-order valence-electron chi connectivity index (χ3n) is 7.47. The Hall–Kier alpha value is -4.42. The summed E-state index contributed by atoms with van der Waals surface area (Å²) in [5.41, 5.74) is 0.661. The molecular formula is C28H30N6O6. The van der Waals surface area contributed by atoms with E-state index in [1.807, 2.05) is 30.3 Å². The number of nitro benzene ring substituents is 1. The standard InChI is InChI=1S/C28H30N6O6/c1-19(4-2-3-13-31-18-21(12-15-35)29-30-31)28(38)24-16-23(34(39)40)9-10-25(24)33(27(28)37)17-20-5-7-22(8-6-20)32-14-11-26(32)36/h2,4-10,16,18-19,35,38H,3,11-15,17H2,1H3/b4-2+/t19-,28+/m0/s1. The van der Waals surface area contributed by atoms with Gasteiger partial charge in [0, 0.05) is 68.0 Å². The van der Waals surface area contributed by atoms with Crippen molar-refractivity contribution in [3.63, 3.8) is 0 Å². The predicted molar refractivity (Wildman–Crippen MR) is 145 cm³/mol. The number of anilines is 2. The van der Waals surface area contributed by atoms with Gasteiger partial charge in [-0.15, -0.1) is 5.10 Å². The molecule has 5 rings (SSSR count). The number of hydrogen-bond acceptors (Lipinski definition) is 8. The number of carbonyl (C=O) groups excluding carboxylic acids is 2. The summed E-state index contributed by atoms with van der Waals surface area (Å²) < 4.78 is 1.65. The van der Waals surface area contributed by atoms with Crippen molar-refractivity contribution in [2.75, 3.05) is 23.0 Å². The number of aromatic nitrogens is 3. The van der Waals surface area contributed by atoms with Crippen molar-refractivity contribution >= 4 is 28.9 Å². The SMILES string of the molecule is C[C@@H](/C=C/CCn1cc(CCO)nn1)[C@]1(O)C(=O)N(Cc2ccc(N3CCC3=O)cc2)c2ccc([N+](=O)[O-])cc21. The van der Waals surface area contributed by atoms with E-state index in [2.05, 4.69) is 10.3 Å². The van der Waals surface area contributed by atoms with Gasteiger partial charge in [0.15, 0.2) is 5.60 Å². The lowest BCUT2D eigenvalue weighted by Gasteiger charge is -2.31. The molecule has 12 nitrogen and oxygen atoms in total.